The normalized spacial score (nSPS) is 10.5. The fourth-order valence-corrected chi connectivity index (χ4v) is 1.32. The van der Waals surface area contributed by atoms with Crippen molar-refractivity contribution in [2.45, 2.75) is 26.8 Å². The summed E-state index contributed by atoms with van der Waals surface area (Å²) >= 11 is 0. The van der Waals surface area contributed by atoms with Gasteiger partial charge in [0, 0.05) is 6.61 Å². The molecule has 0 atom stereocenters. The monoisotopic (exact) mass is 213 g/mol. The molecule has 0 bridgehead atoms. The average molecular weight is 213 g/mol. The van der Waals surface area contributed by atoms with E-state index >= 15 is 0 Å². The van der Waals surface area contributed by atoms with Crippen molar-refractivity contribution < 1.29 is 14.6 Å². The number of rotatable bonds is 6. The molecule has 1 heterocycles. The van der Waals surface area contributed by atoms with Crippen LogP contribution in [0.25, 0.3) is 0 Å². The van der Waals surface area contributed by atoms with E-state index in [9.17, 15) is 4.79 Å². The molecule has 0 radical (unpaired) electrons. The first-order chi connectivity index (χ1) is 7.20. The molecule has 0 aromatic carbocycles. The summed E-state index contributed by atoms with van der Waals surface area (Å²) in [5, 5.41) is 16.2. The fourth-order valence-electron chi connectivity index (χ4n) is 1.32. The first-order valence-electron chi connectivity index (χ1n) is 4.94. The highest BCUT2D eigenvalue weighted by molar-refractivity contribution is 5.86. The summed E-state index contributed by atoms with van der Waals surface area (Å²) in [6.45, 7) is 5.48. The number of carbonyl (C=O) groups is 1. The zero-order valence-corrected chi connectivity index (χ0v) is 8.93. The Morgan fingerprint density at radius 3 is 2.80 bits per heavy atom. The second-order valence-electron chi connectivity index (χ2n) is 2.96. The van der Waals surface area contributed by atoms with Crippen molar-refractivity contribution in [2.24, 2.45) is 0 Å². The van der Waals surface area contributed by atoms with Gasteiger partial charge in [-0.25, -0.2) is 9.48 Å². The van der Waals surface area contributed by atoms with Crippen LogP contribution < -0.4 is 0 Å². The van der Waals surface area contributed by atoms with Crippen molar-refractivity contribution in [2.75, 3.05) is 13.2 Å². The van der Waals surface area contributed by atoms with Gasteiger partial charge in [0.05, 0.1) is 18.8 Å². The molecule has 0 spiro atoms. The van der Waals surface area contributed by atoms with Crippen LogP contribution >= 0.6 is 0 Å². The Hall–Kier alpha value is -1.43. The van der Waals surface area contributed by atoms with E-state index in [1.165, 1.54) is 0 Å². The lowest BCUT2D eigenvalue weighted by Crippen LogP contribution is -2.11. The molecule has 0 saturated carbocycles. The van der Waals surface area contributed by atoms with Gasteiger partial charge in [-0.3, -0.25) is 0 Å². The lowest BCUT2D eigenvalue weighted by molar-refractivity contribution is 0.0689. The third-order valence-corrected chi connectivity index (χ3v) is 2.03. The molecule has 1 aromatic heterocycles. The second-order valence-corrected chi connectivity index (χ2v) is 2.96. The second kappa shape index (κ2) is 5.45. The molecular weight excluding hydrogens is 198 g/mol. The number of hydrogen-bond acceptors (Lipinski definition) is 4. The predicted octanol–water partition coefficient (Wildman–Crippen LogP) is 0.575. The van der Waals surface area contributed by atoms with E-state index in [0.717, 1.165) is 0 Å². The molecule has 0 aliphatic rings. The van der Waals surface area contributed by atoms with E-state index in [0.29, 0.717) is 31.9 Å². The number of nitrogens with zero attached hydrogens (tertiary/aromatic N) is 3. The molecular formula is C9H15N3O3. The number of carboxylic acid groups (broad SMARTS) is 1. The van der Waals surface area contributed by atoms with Gasteiger partial charge in [0.2, 0.25) is 0 Å². The van der Waals surface area contributed by atoms with Gasteiger partial charge in [-0.15, -0.1) is 5.10 Å². The van der Waals surface area contributed by atoms with Crippen LogP contribution in [0, 0.1) is 0 Å². The van der Waals surface area contributed by atoms with Gasteiger partial charge in [0.25, 0.3) is 0 Å². The quantitative estimate of drug-likeness (QED) is 0.699. The topological polar surface area (TPSA) is 77.2 Å². The molecule has 0 fully saturated rings. The van der Waals surface area contributed by atoms with Crippen molar-refractivity contribution in [1.82, 2.24) is 15.0 Å². The Bertz CT molecular complexity index is 335. The zero-order valence-electron chi connectivity index (χ0n) is 8.93. The SMILES string of the molecule is CCOCCn1nnc(C(=O)O)c1CC. The minimum atomic E-state index is -1.03. The highest BCUT2D eigenvalue weighted by Gasteiger charge is 2.16. The molecule has 0 aliphatic heterocycles. The van der Waals surface area contributed by atoms with E-state index in [-0.39, 0.29) is 5.69 Å². The minimum absolute atomic E-state index is 0.0361. The van der Waals surface area contributed by atoms with Gasteiger partial charge in [0.15, 0.2) is 5.69 Å². The molecule has 0 aliphatic carbocycles. The maximum atomic E-state index is 10.8. The van der Waals surface area contributed by atoms with Crippen LogP contribution in [-0.4, -0.2) is 39.3 Å². The molecule has 6 heteroatoms. The van der Waals surface area contributed by atoms with E-state index in [2.05, 4.69) is 10.3 Å². The molecule has 1 rings (SSSR count). The number of carboxylic acids is 1. The molecule has 15 heavy (non-hydrogen) atoms. The fraction of sp³-hybridized carbons (Fsp3) is 0.667. The largest absolute Gasteiger partial charge is 0.476 e. The van der Waals surface area contributed by atoms with Crippen molar-refractivity contribution in [3.05, 3.63) is 11.4 Å². The van der Waals surface area contributed by atoms with Gasteiger partial charge in [-0.1, -0.05) is 12.1 Å². The highest BCUT2D eigenvalue weighted by atomic mass is 16.5. The van der Waals surface area contributed by atoms with E-state index in [1.807, 2.05) is 13.8 Å². The van der Waals surface area contributed by atoms with E-state index < -0.39 is 5.97 Å². The molecule has 0 saturated heterocycles. The summed E-state index contributed by atoms with van der Waals surface area (Å²) in [5.74, 6) is -1.03. The Kier molecular flexibility index (Phi) is 4.23. The van der Waals surface area contributed by atoms with Crippen LogP contribution in [0.15, 0.2) is 0 Å². The molecule has 1 N–H and O–H groups in total. The average Bonchev–Trinajstić information content (AvgIpc) is 2.61. The van der Waals surface area contributed by atoms with Crippen LogP contribution in [-0.2, 0) is 17.7 Å². The van der Waals surface area contributed by atoms with E-state index in [1.54, 1.807) is 4.68 Å². The van der Waals surface area contributed by atoms with Gasteiger partial charge < -0.3 is 9.84 Å². The first kappa shape index (κ1) is 11.6. The molecule has 84 valence electrons. The molecule has 6 nitrogen and oxygen atoms in total. The predicted molar refractivity (Wildman–Crippen MR) is 52.9 cm³/mol. The van der Waals surface area contributed by atoms with Gasteiger partial charge in [-0.05, 0) is 13.3 Å². The van der Waals surface area contributed by atoms with Crippen molar-refractivity contribution >= 4 is 5.97 Å². The van der Waals surface area contributed by atoms with Crippen LogP contribution in [0.1, 0.15) is 30.0 Å². The Morgan fingerprint density at radius 2 is 2.27 bits per heavy atom. The summed E-state index contributed by atoms with van der Waals surface area (Å²) < 4.78 is 6.75. The zero-order chi connectivity index (χ0) is 11.3. The third kappa shape index (κ3) is 2.76. The third-order valence-electron chi connectivity index (χ3n) is 2.03. The Balaban J connectivity index is 2.75. The lowest BCUT2D eigenvalue weighted by Gasteiger charge is -2.04. The van der Waals surface area contributed by atoms with Crippen molar-refractivity contribution in [1.29, 1.82) is 0 Å². The number of aromatic carboxylic acids is 1. The van der Waals surface area contributed by atoms with Crippen LogP contribution in [0.4, 0.5) is 0 Å². The molecule has 1 aromatic rings. The smallest absolute Gasteiger partial charge is 0.358 e. The lowest BCUT2D eigenvalue weighted by atomic mass is 10.2. The number of aromatic nitrogens is 3. The number of hydrogen-bond donors (Lipinski definition) is 1. The highest BCUT2D eigenvalue weighted by Crippen LogP contribution is 2.06. The summed E-state index contributed by atoms with van der Waals surface area (Å²) in [4.78, 5) is 10.8. The maximum absolute atomic E-state index is 10.8. The minimum Gasteiger partial charge on any atom is -0.476 e. The molecule has 0 unspecified atom stereocenters. The van der Waals surface area contributed by atoms with Gasteiger partial charge >= 0.3 is 5.97 Å². The van der Waals surface area contributed by atoms with Crippen LogP contribution in [0.5, 0.6) is 0 Å². The maximum Gasteiger partial charge on any atom is 0.358 e. The van der Waals surface area contributed by atoms with E-state index in [4.69, 9.17) is 9.84 Å². The van der Waals surface area contributed by atoms with Crippen molar-refractivity contribution in [3.8, 4) is 0 Å². The number of ether oxygens (including phenoxy) is 1. The summed E-state index contributed by atoms with van der Waals surface area (Å²) in [7, 11) is 0. The first-order valence-corrected chi connectivity index (χ1v) is 4.94. The summed E-state index contributed by atoms with van der Waals surface area (Å²) in [6.07, 6.45) is 0.598. The van der Waals surface area contributed by atoms with Crippen LogP contribution in [0.3, 0.4) is 0 Å². The Labute approximate surface area is 87.9 Å². The van der Waals surface area contributed by atoms with Crippen molar-refractivity contribution in [3.63, 3.8) is 0 Å². The van der Waals surface area contributed by atoms with Crippen LogP contribution in [0.2, 0.25) is 0 Å². The Morgan fingerprint density at radius 1 is 1.53 bits per heavy atom. The molecule has 0 amide bonds. The summed E-state index contributed by atoms with van der Waals surface area (Å²) in [6, 6.07) is 0. The van der Waals surface area contributed by atoms with Gasteiger partial charge in [0.1, 0.15) is 0 Å². The van der Waals surface area contributed by atoms with Gasteiger partial charge in [-0.2, -0.15) is 0 Å². The standard InChI is InChI=1S/C9H15N3O3/c1-3-7-8(9(13)14)10-11-12(7)5-6-15-4-2/h3-6H2,1-2H3,(H,13,14). The summed E-state index contributed by atoms with van der Waals surface area (Å²) in [5.41, 5.74) is 0.677.